The Labute approximate surface area is 151 Å². The lowest BCUT2D eigenvalue weighted by Crippen LogP contribution is -2.17. The van der Waals surface area contributed by atoms with Crippen LogP contribution in [0.1, 0.15) is 29.5 Å². The highest BCUT2D eigenvalue weighted by Crippen LogP contribution is 2.30. The summed E-state index contributed by atoms with van der Waals surface area (Å²) < 4.78 is 43.3. The van der Waals surface area contributed by atoms with E-state index in [9.17, 15) is 22.8 Å². The number of esters is 1. The summed E-state index contributed by atoms with van der Waals surface area (Å²) in [6, 6.07) is 6.23. The maximum Gasteiger partial charge on any atom is 0.451 e. The number of carbonyl (C=O) groups excluding carboxylic acids is 2. The lowest BCUT2D eigenvalue weighted by molar-refractivity contribution is -0.145. The Bertz CT molecular complexity index is 828. The van der Waals surface area contributed by atoms with Gasteiger partial charge in [-0.15, -0.1) is 0 Å². The van der Waals surface area contributed by atoms with Gasteiger partial charge in [-0.05, 0) is 19.1 Å². The first kappa shape index (κ1) is 19.6. The molecule has 2 aromatic rings. The number of anilines is 2. The standard InChI is InChI=1S/C16H13ClF3N3O3/c1-2-26-13(25)7-12(24)9-8-21-15(16(18,19)20)23-14(9)22-11-6-4-3-5-10(11)17/h3-6,8H,2,7H2,1H3,(H,21,22,23). The average Bonchev–Trinajstić information content (AvgIpc) is 2.56. The largest absolute Gasteiger partial charge is 0.466 e. The average molecular weight is 388 g/mol. The fraction of sp³-hybridized carbons (Fsp3) is 0.250. The molecule has 0 fully saturated rings. The fourth-order valence-electron chi connectivity index (χ4n) is 1.95. The van der Waals surface area contributed by atoms with Crippen molar-refractivity contribution in [3.63, 3.8) is 0 Å². The van der Waals surface area contributed by atoms with Gasteiger partial charge in [0.2, 0.25) is 5.82 Å². The first-order chi connectivity index (χ1) is 12.2. The summed E-state index contributed by atoms with van der Waals surface area (Å²) in [5.74, 6) is -3.43. The molecule has 1 heterocycles. The molecule has 0 atom stereocenters. The Hall–Kier alpha value is -2.68. The molecule has 0 spiro atoms. The number of ether oxygens (including phenoxy) is 1. The van der Waals surface area contributed by atoms with Crippen molar-refractivity contribution < 1.29 is 27.5 Å². The van der Waals surface area contributed by atoms with E-state index < -0.39 is 36.0 Å². The molecule has 10 heteroatoms. The minimum Gasteiger partial charge on any atom is -0.466 e. The SMILES string of the molecule is CCOC(=O)CC(=O)c1cnc(C(F)(F)F)nc1Nc1ccccc1Cl. The van der Waals surface area contributed by atoms with Gasteiger partial charge in [0, 0.05) is 6.20 Å². The Morgan fingerprint density at radius 2 is 1.96 bits per heavy atom. The molecular weight excluding hydrogens is 375 g/mol. The van der Waals surface area contributed by atoms with E-state index in [0.29, 0.717) is 0 Å². The third-order valence-corrected chi connectivity index (χ3v) is 3.41. The number of nitrogens with zero attached hydrogens (tertiary/aromatic N) is 2. The summed E-state index contributed by atoms with van der Waals surface area (Å²) in [6.07, 6.45) is -4.74. The first-order valence-electron chi connectivity index (χ1n) is 7.37. The molecule has 1 aromatic carbocycles. The van der Waals surface area contributed by atoms with Crippen LogP contribution in [-0.2, 0) is 15.7 Å². The van der Waals surface area contributed by atoms with Crippen LogP contribution in [0.15, 0.2) is 30.5 Å². The van der Waals surface area contributed by atoms with Gasteiger partial charge in [0.25, 0.3) is 0 Å². The molecule has 0 aliphatic carbocycles. The van der Waals surface area contributed by atoms with Crippen LogP contribution in [0.25, 0.3) is 0 Å². The van der Waals surface area contributed by atoms with E-state index in [1.165, 1.54) is 12.1 Å². The molecule has 0 amide bonds. The van der Waals surface area contributed by atoms with E-state index in [0.717, 1.165) is 6.20 Å². The molecule has 0 aliphatic rings. The van der Waals surface area contributed by atoms with Crippen LogP contribution in [0.5, 0.6) is 0 Å². The number of Topliss-reactive ketones (excluding diaryl/α,β-unsaturated/α-hetero) is 1. The Kier molecular flexibility index (Phi) is 6.14. The van der Waals surface area contributed by atoms with Crippen LogP contribution >= 0.6 is 11.6 Å². The summed E-state index contributed by atoms with van der Waals surface area (Å²) in [5.41, 5.74) is -0.0443. The smallest absolute Gasteiger partial charge is 0.451 e. The third kappa shape index (κ3) is 4.92. The van der Waals surface area contributed by atoms with Crippen molar-refractivity contribution in [2.24, 2.45) is 0 Å². The predicted molar refractivity (Wildman–Crippen MR) is 87.3 cm³/mol. The highest BCUT2D eigenvalue weighted by Gasteiger charge is 2.36. The number of ketones is 1. The van der Waals surface area contributed by atoms with Crippen LogP contribution in [0.4, 0.5) is 24.7 Å². The van der Waals surface area contributed by atoms with Crippen LogP contribution in [-0.4, -0.2) is 28.3 Å². The lowest BCUT2D eigenvalue weighted by Gasteiger charge is -2.13. The number of carbonyl (C=O) groups is 2. The molecule has 2 rings (SSSR count). The summed E-state index contributed by atoms with van der Waals surface area (Å²) in [4.78, 5) is 30.3. The molecule has 6 nitrogen and oxygen atoms in total. The van der Waals surface area contributed by atoms with E-state index in [-0.39, 0.29) is 22.9 Å². The van der Waals surface area contributed by atoms with E-state index >= 15 is 0 Å². The van der Waals surface area contributed by atoms with E-state index in [1.807, 2.05) is 0 Å². The number of benzene rings is 1. The highest BCUT2D eigenvalue weighted by molar-refractivity contribution is 6.33. The van der Waals surface area contributed by atoms with Gasteiger partial charge in [0.15, 0.2) is 5.78 Å². The van der Waals surface area contributed by atoms with E-state index in [4.69, 9.17) is 11.6 Å². The van der Waals surface area contributed by atoms with Gasteiger partial charge in [-0.1, -0.05) is 23.7 Å². The van der Waals surface area contributed by atoms with Gasteiger partial charge in [-0.25, -0.2) is 9.97 Å². The number of nitrogens with one attached hydrogen (secondary N) is 1. The van der Waals surface area contributed by atoms with E-state index in [2.05, 4.69) is 20.0 Å². The van der Waals surface area contributed by atoms with Crippen molar-refractivity contribution in [1.29, 1.82) is 0 Å². The maximum absolute atomic E-state index is 12.9. The summed E-state index contributed by atoms with van der Waals surface area (Å²) in [6.45, 7) is 1.63. The Morgan fingerprint density at radius 1 is 1.27 bits per heavy atom. The minimum atomic E-state index is -4.81. The number of alkyl halides is 3. The fourth-order valence-corrected chi connectivity index (χ4v) is 2.13. The lowest BCUT2D eigenvalue weighted by atomic mass is 10.1. The van der Waals surface area contributed by atoms with Crippen LogP contribution in [0, 0.1) is 0 Å². The maximum atomic E-state index is 12.9. The predicted octanol–water partition coefficient (Wildman–Crippen LogP) is 4.03. The number of halogens is 4. The second kappa shape index (κ2) is 8.13. The molecule has 0 bridgehead atoms. The Balaban J connectivity index is 2.42. The van der Waals surface area contributed by atoms with Crippen molar-refractivity contribution in [1.82, 2.24) is 9.97 Å². The van der Waals surface area contributed by atoms with Crippen molar-refractivity contribution in [2.45, 2.75) is 19.5 Å². The van der Waals surface area contributed by atoms with Gasteiger partial charge < -0.3 is 10.1 Å². The quantitative estimate of drug-likeness (QED) is 0.458. The molecule has 1 N–H and O–H groups in total. The third-order valence-electron chi connectivity index (χ3n) is 3.08. The number of hydrogen-bond donors (Lipinski definition) is 1. The zero-order chi connectivity index (χ0) is 19.3. The molecule has 0 saturated heterocycles. The van der Waals surface area contributed by atoms with Crippen molar-refractivity contribution in [2.75, 3.05) is 11.9 Å². The summed E-state index contributed by atoms with van der Waals surface area (Å²) in [5, 5.41) is 2.79. The molecule has 0 saturated carbocycles. The number of rotatable bonds is 6. The van der Waals surface area contributed by atoms with Gasteiger partial charge in [-0.3, -0.25) is 9.59 Å². The first-order valence-corrected chi connectivity index (χ1v) is 7.74. The number of aromatic nitrogens is 2. The summed E-state index contributed by atoms with van der Waals surface area (Å²) >= 11 is 5.97. The molecular formula is C16H13ClF3N3O3. The van der Waals surface area contributed by atoms with Crippen molar-refractivity contribution in [3.05, 3.63) is 46.9 Å². The van der Waals surface area contributed by atoms with Gasteiger partial charge in [0.05, 0.1) is 22.9 Å². The minimum absolute atomic E-state index is 0.0698. The van der Waals surface area contributed by atoms with Crippen LogP contribution in [0.2, 0.25) is 5.02 Å². The van der Waals surface area contributed by atoms with Gasteiger partial charge in [0.1, 0.15) is 12.2 Å². The Morgan fingerprint density at radius 3 is 2.58 bits per heavy atom. The molecule has 0 unspecified atom stereocenters. The second-order valence-corrected chi connectivity index (χ2v) is 5.37. The summed E-state index contributed by atoms with van der Waals surface area (Å²) in [7, 11) is 0. The normalized spacial score (nSPS) is 11.1. The number of para-hydroxylation sites is 1. The van der Waals surface area contributed by atoms with Crippen LogP contribution < -0.4 is 5.32 Å². The van der Waals surface area contributed by atoms with Crippen molar-refractivity contribution in [3.8, 4) is 0 Å². The molecule has 0 radical (unpaired) electrons. The second-order valence-electron chi connectivity index (χ2n) is 4.96. The number of hydrogen-bond acceptors (Lipinski definition) is 6. The monoisotopic (exact) mass is 387 g/mol. The van der Waals surface area contributed by atoms with Gasteiger partial charge >= 0.3 is 12.1 Å². The van der Waals surface area contributed by atoms with E-state index in [1.54, 1.807) is 19.1 Å². The zero-order valence-electron chi connectivity index (χ0n) is 13.4. The molecule has 26 heavy (non-hydrogen) atoms. The molecule has 138 valence electrons. The topological polar surface area (TPSA) is 81.2 Å². The molecule has 1 aromatic heterocycles. The van der Waals surface area contributed by atoms with Gasteiger partial charge in [-0.2, -0.15) is 13.2 Å². The van der Waals surface area contributed by atoms with Crippen molar-refractivity contribution >= 4 is 34.9 Å². The zero-order valence-corrected chi connectivity index (χ0v) is 14.2. The highest BCUT2D eigenvalue weighted by atomic mass is 35.5. The molecule has 0 aliphatic heterocycles. The van der Waals surface area contributed by atoms with Crippen LogP contribution in [0.3, 0.4) is 0 Å².